The van der Waals surface area contributed by atoms with Crippen molar-refractivity contribution in [1.29, 1.82) is 0 Å². The molecule has 0 aromatic heterocycles. The first-order chi connectivity index (χ1) is 10.4. The molecule has 0 aromatic rings. The Morgan fingerprint density at radius 3 is 2.50 bits per heavy atom. The van der Waals surface area contributed by atoms with Crippen LogP contribution in [0.25, 0.3) is 0 Å². The average molecular weight is 313 g/mol. The molecule has 8 heteroatoms. The van der Waals surface area contributed by atoms with Gasteiger partial charge in [-0.25, -0.2) is 8.78 Å². The zero-order chi connectivity index (χ0) is 16.3. The average Bonchev–Trinajstić information content (AvgIpc) is 3.08. The number of carboxylic acid groups (broad SMARTS) is 1. The van der Waals surface area contributed by atoms with E-state index in [2.05, 4.69) is 16.1 Å². The maximum absolute atomic E-state index is 12.9. The highest BCUT2D eigenvalue weighted by Crippen LogP contribution is 2.38. The molecule has 2 aliphatic heterocycles. The summed E-state index contributed by atoms with van der Waals surface area (Å²) < 4.78 is 25.7. The van der Waals surface area contributed by atoms with Crippen LogP contribution in [-0.4, -0.2) is 47.1 Å². The summed E-state index contributed by atoms with van der Waals surface area (Å²) in [4.78, 5) is 24.3. The normalized spacial score (nSPS) is 25.3. The molecule has 0 saturated carbocycles. The fraction of sp³-hybridized carbons (Fsp3) is 0.714. The Morgan fingerprint density at radius 1 is 1.36 bits per heavy atom. The summed E-state index contributed by atoms with van der Waals surface area (Å²) in [5, 5.41) is 16.8. The first kappa shape index (κ1) is 16.3. The van der Waals surface area contributed by atoms with Crippen LogP contribution >= 0.6 is 0 Å². The number of carbonyl (C=O) groups is 2. The number of nitrogens with zero attached hydrogens (tertiary/aromatic N) is 3. The minimum atomic E-state index is -2.76. The summed E-state index contributed by atoms with van der Waals surface area (Å²) >= 11 is 0. The van der Waals surface area contributed by atoms with Crippen molar-refractivity contribution >= 4 is 11.9 Å². The lowest BCUT2D eigenvalue weighted by Crippen LogP contribution is -2.31. The van der Waals surface area contributed by atoms with Crippen LogP contribution in [0.15, 0.2) is 10.2 Å². The van der Waals surface area contributed by atoms with E-state index >= 15 is 0 Å². The van der Waals surface area contributed by atoms with Gasteiger partial charge in [0, 0.05) is 38.8 Å². The molecule has 0 aromatic carbocycles. The van der Waals surface area contributed by atoms with Crippen LogP contribution in [0.3, 0.4) is 0 Å². The van der Waals surface area contributed by atoms with E-state index in [1.165, 1.54) is 4.90 Å². The fourth-order valence-electron chi connectivity index (χ4n) is 2.68. The van der Waals surface area contributed by atoms with E-state index < -0.39 is 29.9 Å². The number of carboxylic acids is 1. The molecule has 1 amide bonds. The van der Waals surface area contributed by atoms with Gasteiger partial charge in [-0.2, -0.15) is 10.2 Å². The number of likely N-dealkylation sites (tertiary alicyclic amines) is 1. The Labute approximate surface area is 126 Å². The van der Waals surface area contributed by atoms with Crippen molar-refractivity contribution in [2.24, 2.45) is 22.1 Å². The lowest BCUT2D eigenvalue weighted by Gasteiger charge is -2.17. The zero-order valence-corrected chi connectivity index (χ0v) is 11.9. The van der Waals surface area contributed by atoms with E-state index in [4.69, 9.17) is 11.5 Å². The number of hydrogen-bond donors (Lipinski definition) is 1. The molecule has 1 N–H and O–H groups in total. The highest BCUT2D eigenvalue weighted by atomic mass is 19.3. The van der Waals surface area contributed by atoms with Crippen molar-refractivity contribution in [3.8, 4) is 12.3 Å². The van der Waals surface area contributed by atoms with Gasteiger partial charge in [0.15, 0.2) is 5.66 Å². The number of hydrogen-bond acceptors (Lipinski definition) is 4. The third-order valence-corrected chi connectivity index (χ3v) is 4.15. The Bertz CT molecular complexity index is 524. The minimum absolute atomic E-state index is 0.0971. The molecule has 0 unspecified atom stereocenters. The molecule has 2 atom stereocenters. The summed E-state index contributed by atoms with van der Waals surface area (Å²) in [6.45, 7) is -0.395. The molecule has 2 heterocycles. The van der Waals surface area contributed by atoms with Crippen molar-refractivity contribution < 1.29 is 23.5 Å². The van der Waals surface area contributed by atoms with Gasteiger partial charge in [0.05, 0.1) is 11.8 Å². The van der Waals surface area contributed by atoms with E-state index in [1.54, 1.807) is 0 Å². The zero-order valence-electron chi connectivity index (χ0n) is 11.9. The van der Waals surface area contributed by atoms with Crippen molar-refractivity contribution in [2.75, 3.05) is 13.1 Å². The van der Waals surface area contributed by atoms with Crippen LogP contribution in [0.2, 0.25) is 0 Å². The van der Waals surface area contributed by atoms with E-state index in [9.17, 15) is 18.4 Å². The Hall–Kier alpha value is -2.04. The molecule has 0 spiro atoms. The van der Waals surface area contributed by atoms with Gasteiger partial charge in [-0.15, -0.1) is 12.3 Å². The maximum atomic E-state index is 12.9. The number of rotatable bonds is 7. The molecule has 1 fully saturated rings. The fourth-order valence-corrected chi connectivity index (χ4v) is 2.68. The SMILES string of the molecule is C#CCCC1(CCC(=O)N2C[C@@H](C(=O)O)[C@H](C(F)F)C2)N=N1. The lowest BCUT2D eigenvalue weighted by molar-refractivity contribution is -0.144. The predicted molar refractivity (Wildman–Crippen MR) is 72.1 cm³/mol. The van der Waals surface area contributed by atoms with Crippen LogP contribution in [0, 0.1) is 24.2 Å². The number of halogens is 2. The van der Waals surface area contributed by atoms with Crippen LogP contribution in [0.4, 0.5) is 8.78 Å². The topological polar surface area (TPSA) is 82.3 Å². The van der Waals surface area contributed by atoms with Crippen molar-refractivity contribution in [3.05, 3.63) is 0 Å². The van der Waals surface area contributed by atoms with Gasteiger partial charge < -0.3 is 10.0 Å². The predicted octanol–water partition coefficient (Wildman–Crippen LogP) is 1.77. The number of amides is 1. The van der Waals surface area contributed by atoms with Gasteiger partial charge in [-0.05, 0) is 0 Å². The van der Waals surface area contributed by atoms with Gasteiger partial charge in [0.2, 0.25) is 12.3 Å². The van der Waals surface area contributed by atoms with E-state index in [-0.39, 0.29) is 25.4 Å². The Balaban J connectivity index is 1.86. The van der Waals surface area contributed by atoms with Crippen molar-refractivity contribution in [1.82, 2.24) is 4.90 Å². The van der Waals surface area contributed by atoms with Crippen LogP contribution in [0.1, 0.15) is 25.7 Å². The molecule has 2 aliphatic rings. The molecular formula is C14H17F2N3O3. The van der Waals surface area contributed by atoms with Gasteiger partial charge in [-0.3, -0.25) is 9.59 Å². The number of carbonyl (C=O) groups excluding carboxylic acids is 1. The lowest BCUT2D eigenvalue weighted by atomic mass is 9.97. The summed E-state index contributed by atoms with van der Waals surface area (Å²) in [5.41, 5.74) is -0.601. The largest absolute Gasteiger partial charge is 0.481 e. The molecule has 1 saturated heterocycles. The third kappa shape index (κ3) is 3.59. The molecule has 22 heavy (non-hydrogen) atoms. The molecule has 2 rings (SSSR count). The Morgan fingerprint density at radius 2 is 2.05 bits per heavy atom. The smallest absolute Gasteiger partial charge is 0.308 e. The first-order valence-electron chi connectivity index (χ1n) is 7.05. The van der Waals surface area contributed by atoms with Gasteiger partial charge in [0.25, 0.3) is 0 Å². The molecule has 0 aliphatic carbocycles. The number of alkyl halides is 2. The Kier molecular flexibility index (Phi) is 4.74. The summed E-state index contributed by atoms with van der Waals surface area (Å²) in [7, 11) is 0. The van der Waals surface area contributed by atoms with Crippen LogP contribution in [-0.2, 0) is 9.59 Å². The minimum Gasteiger partial charge on any atom is -0.481 e. The maximum Gasteiger partial charge on any atom is 0.308 e. The summed E-state index contributed by atoms with van der Waals surface area (Å²) in [6.07, 6.45) is 3.95. The van der Waals surface area contributed by atoms with E-state index in [1.807, 2.05) is 0 Å². The van der Waals surface area contributed by atoms with Crippen LogP contribution in [0.5, 0.6) is 0 Å². The van der Waals surface area contributed by atoms with Crippen molar-refractivity contribution in [3.63, 3.8) is 0 Å². The number of aliphatic carboxylic acids is 1. The number of terminal acetylenes is 1. The van der Waals surface area contributed by atoms with E-state index in [0.29, 0.717) is 19.3 Å². The van der Waals surface area contributed by atoms with Crippen LogP contribution < -0.4 is 0 Å². The summed E-state index contributed by atoms with van der Waals surface area (Å²) in [6, 6.07) is 0. The molecule has 0 bridgehead atoms. The van der Waals surface area contributed by atoms with Gasteiger partial charge in [0.1, 0.15) is 0 Å². The molecule has 120 valence electrons. The standard InChI is InChI=1S/C14H17F2N3O3/c1-2-3-5-14(17-18-14)6-4-11(20)19-7-9(12(15)16)10(8-19)13(21)22/h1,9-10,12H,3-8H2,(H,21,22)/t9-,10-/m1/s1. The monoisotopic (exact) mass is 313 g/mol. The van der Waals surface area contributed by atoms with Gasteiger partial charge in [-0.1, -0.05) is 0 Å². The molecule has 6 nitrogen and oxygen atoms in total. The second-order valence-electron chi connectivity index (χ2n) is 5.63. The third-order valence-electron chi connectivity index (χ3n) is 4.15. The first-order valence-corrected chi connectivity index (χ1v) is 7.05. The molecular weight excluding hydrogens is 296 g/mol. The summed E-state index contributed by atoms with van der Waals surface area (Å²) in [5.74, 6) is -1.68. The van der Waals surface area contributed by atoms with E-state index in [0.717, 1.165) is 0 Å². The highest BCUT2D eigenvalue weighted by Gasteiger charge is 2.45. The van der Waals surface area contributed by atoms with Crippen molar-refractivity contribution in [2.45, 2.75) is 37.8 Å². The quantitative estimate of drug-likeness (QED) is 0.727. The highest BCUT2D eigenvalue weighted by molar-refractivity contribution is 5.79. The van der Waals surface area contributed by atoms with Gasteiger partial charge >= 0.3 is 5.97 Å². The molecule has 0 radical (unpaired) electrons. The second kappa shape index (κ2) is 6.38. The second-order valence-corrected chi connectivity index (χ2v) is 5.63.